The second-order valence-electron chi connectivity index (χ2n) is 4.67. The van der Waals surface area contributed by atoms with Gasteiger partial charge in [0.1, 0.15) is 0 Å². The van der Waals surface area contributed by atoms with Gasteiger partial charge in [-0.15, -0.1) is 0 Å². The molecule has 0 aliphatic heterocycles. The van der Waals surface area contributed by atoms with Crippen LogP contribution in [0.3, 0.4) is 0 Å². The van der Waals surface area contributed by atoms with Crippen LogP contribution >= 0.6 is 15.9 Å². The van der Waals surface area contributed by atoms with Gasteiger partial charge in [-0.2, -0.15) is 0 Å². The average Bonchev–Trinajstić information content (AvgIpc) is 2.49. The highest BCUT2D eigenvalue weighted by molar-refractivity contribution is 9.10. The minimum atomic E-state index is -1.59. The van der Waals surface area contributed by atoms with Crippen LogP contribution in [0.1, 0.15) is 19.4 Å². The Hall–Kier alpha value is -1.96. The second-order valence-corrected chi connectivity index (χ2v) is 5.58. The van der Waals surface area contributed by atoms with Gasteiger partial charge in [-0.1, -0.05) is 28.1 Å². The quantitative estimate of drug-likeness (QED) is 0.294. The van der Waals surface area contributed by atoms with Crippen molar-refractivity contribution < 1.29 is 24.0 Å². The Labute approximate surface area is 142 Å². The maximum Gasteiger partial charge on any atom is 0.327 e. The third-order valence-electron chi connectivity index (χ3n) is 3.09. The molecule has 0 aliphatic carbocycles. The van der Waals surface area contributed by atoms with Crippen LogP contribution in [0.4, 0.5) is 0 Å². The van der Waals surface area contributed by atoms with Crippen molar-refractivity contribution in [3.05, 3.63) is 44.4 Å². The standard InChI is InChI=1S/C15H18BrNO6/c1-3-22-14(18)13(15(19)23-4-2)12(17(20)21)9-10-5-7-11(16)8-6-10/h5-8,12-13H,3-4,9H2,1-2H3/t12-/m0/s1. The van der Waals surface area contributed by atoms with E-state index in [1.165, 1.54) is 0 Å². The van der Waals surface area contributed by atoms with Gasteiger partial charge in [0, 0.05) is 15.8 Å². The van der Waals surface area contributed by atoms with E-state index in [9.17, 15) is 19.7 Å². The van der Waals surface area contributed by atoms with Crippen LogP contribution in [0.25, 0.3) is 0 Å². The predicted octanol–water partition coefficient (Wildman–Crippen LogP) is 2.38. The molecule has 0 saturated carbocycles. The van der Waals surface area contributed by atoms with Crippen molar-refractivity contribution in [2.45, 2.75) is 26.3 Å². The molecule has 0 spiro atoms. The Morgan fingerprint density at radius 2 is 1.61 bits per heavy atom. The number of hydrogen-bond donors (Lipinski definition) is 0. The first kappa shape index (κ1) is 19.1. The molecule has 0 aliphatic rings. The molecular weight excluding hydrogens is 370 g/mol. The molecule has 1 aromatic carbocycles. The first-order valence-corrected chi connectivity index (χ1v) is 7.91. The highest BCUT2D eigenvalue weighted by atomic mass is 79.9. The van der Waals surface area contributed by atoms with Crippen molar-refractivity contribution in [3.63, 3.8) is 0 Å². The summed E-state index contributed by atoms with van der Waals surface area (Å²) >= 11 is 3.27. The van der Waals surface area contributed by atoms with Gasteiger partial charge in [-0.05, 0) is 31.5 Å². The first-order valence-electron chi connectivity index (χ1n) is 7.11. The third kappa shape index (κ3) is 5.63. The molecule has 0 radical (unpaired) electrons. The van der Waals surface area contributed by atoms with Crippen molar-refractivity contribution in [2.75, 3.05) is 13.2 Å². The highest BCUT2D eigenvalue weighted by Gasteiger charge is 2.45. The number of halogens is 1. The molecule has 0 aromatic heterocycles. The maximum atomic E-state index is 12.0. The molecule has 126 valence electrons. The summed E-state index contributed by atoms with van der Waals surface area (Å²) in [5.74, 6) is -3.47. The molecule has 1 atom stereocenters. The number of benzene rings is 1. The second kappa shape index (κ2) is 9.24. The van der Waals surface area contributed by atoms with Crippen LogP contribution in [-0.4, -0.2) is 36.1 Å². The van der Waals surface area contributed by atoms with Gasteiger partial charge < -0.3 is 9.47 Å². The lowest BCUT2D eigenvalue weighted by Gasteiger charge is -2.18. The van der Waals surface area contributed by atoms with Gasteiger partial charge in [0.2, 0.25) is 12.0 Å². The minimum absolute atomic E-state index is 0.0253. The zero-order chi connectivity index (χ0) is 17.4. The fourth-order valence-corrected chi connectivity index (χ4v) is 2.31. The SMILES string of the molecule is CCOC(=O)C(C(=O)OCC)[C@H](Cc1ccc(Br)cc1)[N+](=O)[O-]. The number of carbonyl (C=O) groups is 2. The van der Waals surface area contributed by atoms with Crippen LogP contribution in [0.2, 0.25) is 0 Å². The van der Waals surface area contributed by atoms with E-state index in [-0.39, 0.29) is 19.6 Å². The van der Waals surface area contributed by atoms with E-state index in [1.807, 2.05) is 0 Å². The molecule has 0 unspecified atom stereocenters. The van der Waals surface area contributed by atoms with Crippen LogP contribution in [-0.2, 0) is 25.5 Å². The molecular formula is C15H18BrNO6. The predicted molar refractivity (Wildman–Crippen MR) is 85.4 cm³/mol. The summed E-state index contributed by atoms with van der Waals surface area (Å²) in [6.45, 7) is 3.18. The van der Waals surface area contributed by atoms with Gasteiger partial charge in [0.05, 0.1) is 13.2 Å². The van der Waals surface area contributed by atoms with Crippen LogP contribution < -0.4 is 0 Å². The van der Waals surface area contributed by atoms with Crippen LogP contribution in [0.5, 0.6) is 0 Å². The van der Waals surface area contributed by atoms with Crippen LogP contribution in [0, 0.1) is 16.0 Å². The fourth-order valence-electron chi connectivity index (χ4n) is 2.05. The molecule has 8 heteroatoms. The number of nitrogens with zero attached hydrogens (tertiary/aromatic N) is 1. The van der Waals surface area contributed by atoms with E-state index in [4.69, 9.17) is 9.47 Å². The number of rotatable bonds is 8. The third-order valence-corrected chi connectivity index (χ3v) is 3.62. The Morgan fingerprint density at radius 1 is 1.13 bits per heavy atom. The molecule has 1 rings (SSSR count). The lowest BCUT2D eigenvalue weighted by atomic mass is 9.94. The first-order chi connectivity index (χ1) is 10.9. The maximum absolute atomic E-state index is 12.0. The summed E-state index contributed by atoms with van der Waals surface area (Å²) in [7, 11) is 0. The van der Waals surface area contributed by atoms with E-state index >= 15 is 0 Å². The summed E-state index contributed by atoms with van der Waals surface area (Å²) in [4.78, 5) is 34.8. The van der Waals surface area contributed by atoms with Crippen molar-refractivity contribution in [3.8, 4) is 0 Å². The Morgan fingerprint density at radius 3 is 2.00 bits per heavy atom. The topological polar surface area (TPSA) is 95.7 Å². The van der Waals surface area contributed by atoms with E-state index in [1.54, 1.807) is 38.1 Å². The molecule has 0 amide bonds. The summed E-state index contributed by atoms with van der Waals surface area (Å²) in [6.07, 6.45) is -0.0808. The number of esters is 2. The molecule has 0 bridgehead atoms. The normalized spacial score (nSPS) is 11.8. The molecule has 0 heterocycles. The Kier molecular flexibility index (Phi) is 7.67. The van der Waals surface area contributed by atoms with E-state index in [2.05, 4.69) is 15.9 Å². The number of nitro groups is 1. The summed E-state index contributed by atoms with van der Waals surface area (Å²) in [6, 6.07) is 5.39. The van der Waals surface area contributed by atoms with E-state index in [0.717, 1.165) is 4.47 Å². The molecule has 0 fully saturated rings. The Bertz CT molecular complexity index is 542. The van der Waals surface area contributed by atoms with E-state index in [0.29, 0.717) is 5.56 Å². The molecule has 0 N–H and O–H groups in total. The lowest BCUT2D eigenvalue weighted by molar-refractivity contribution is -0.527. The molecule has 1 aromatic rings. The lowest BCUT2D eigenvalue weighted by Crippen LogP contribution is -2.43. The molecule has 7 nitrogen and oxygen atoms in total. The number of ether oxygens (including phenoxy) is 2. The van der Waals surface area contributed by atoms with Gasteiger partial charge >= 0.3 is 11.9 Å². The molecule has 23 heavy (non-hydrogen) atoms. The number of hydrogen-bond acceptors (Lipinski definition) is 6. The average molecular weight is 388 g/mol. The van der Waals surface area contributed by atoms with Crippen molar-refractivity contribution >= 4 is 27.9 Å². The van der Waals surface area contributed by atoms with E-state index < -0.39 is 28.8 Å². The van der Waals surface area contributed by atoms with Crippen molar-refractivity contribution in [1.29, 1.82) is 0 Å². The van der Waals surface area contributed by atoms with Gasteiger partial charge in [-0.3, -0.25) is 19.7 Å². The highest BCUT2D eigenvalue weighted by Crippen LogP contribution is 2.19. The number of carbonyl (C=O) groups excluding carboxylic acids is 2. The van der Waals surface area contributed by atoms with Gasteiger partial charge in [0.15, 0.2) is 0 Å². The zero-order valence-corrected chi connectivity index (χ0v) is 14.4. The largest absolute Gasteiger partial charge is 0.465 e. The van der Waals surface area contributed by atoms with Gasteiger partial charge in [-0.25, -0.2) is 0 Å². The minimum Gasteiger partial charge on any atom is -0.465 e. The smallest absolute Gasteiger partial charge is 0.327 e. The zero-order valence-electron chi connectivity index (χ0n) is 12.9. The van der Waals surface area contributed by atoms with Crippen LogP contribution in [0.15, 0.2) is 28.7 Å². The summed E-state index contributed by atoms with van der Waals surface area (Å²) in [5.41, 5.74) is 0.633. The summed E-state index contributed by atoms with van der Waals surface area (Å²) < 4.78 is 10.4. The van der Waals surface area contributed by atoms with Gasteiger partial charge in [0.25, 0.3) is 0 Å². The van der Waals surface area contributed by atoms with Crippen molar-refractivity contribution in [1.82, 2.24) is 0 Å². The monoisotopic (exact) mass is 387 g/mol. The molecule has 0 saturated heterocycles. The Balaban J connectivity index is 3.08. The fraction of sp³-hybridized carbons (Fsp3) is 0.467. The summed E-state index contributed by atoms with van der Waals surface area (Å²) in [5, 5.41) is 11.4. The van der Waals surface area contributed by atoms with Crippen molar-refractivity contribution in [2.24, 2.45) is 5.92 Å².